The molecule has 3 heterocycles. The number of ether oxygens (including phenoxy) is 1. The Bertz CT molecular complexity index is 1190. The first kappa shape index (κ1) is 24.0. The van der Waals surface area contributed by atoms with E-state index in [4.69, 9.17) is 4.74 Å². The van der Waals surface area contributed by atoms with Crippen molar-refractivity contribution in [2.75, 3.05) is 26.3 Å². The van der Waals surface area contributed by atoms with E-state index in [-0.39, 0.29) is 36.0 Å². The normalized spacial score (nSPS) is 24.4. The maximum atomic E-state index is 13.9. The van der Waals surface area contributed by atoms with Crippen molar-refractivity contribution >= 4 is 17.8 Å². The SMILES string of the molecule is O=C(C#Cc1ccccc1)N1CCC(C2(Cc3ccc(F)cc3)NC(=O)N(C3CCOC3)C2=O)CC1. The standard InChI is InChI=1S/C28H28FN3O4/c29-23-9-6-21(7-10-23)18-28(26(34)32(27(35)30-28)24-14-17-36-19-24)22-12-15-31(16-13-22)25(33)11-8-20-4-2-1-3-5-20/h1-7,9-10,22,24H,12-19H2,(H,30,35). The predicted molar refractivity (Wildman–Crippen MR) is 130 cm³/mol. The van der Waals surface area contributed by atoms with Crippen molar-refractivity contribution in [3.63, 3.8) is 0 Å². The lowest BCUT2D eigenvalue weighted by Gasteiger charge is -2.40. The summed E-state index contributed by atoms with van der Waals surface area (Å²) in [6.45, 7) is 1.72. The summed E-state index contributed by atoms with van der Waals surface area (Å²) in [5.41, 5.74) is 0.388. The first-order chi connectivity index (χ1) is 17.5. The van der Waals surface area contributed by atoms with E-state index in [9.17, 15) is 18.8 Å². The molecule has 3 saturated heterocycles. The second-order valence-corrected chi connectivity index (χ2v) is 9.58. The number of imide groups is 1. The van der Waals surface area contributed by atoms with Crippen LogP contribution < -0.4 is 5.32 Å². The average Bonchev–Trinajstić information content (AvgIpc) is 3.51. The number of piperidine rings is 1. The van der Waals surface area contributed by atoms with E-state index in [1.165, 1.54) is 17.0 Å². The number of rotatable bonds is 4. The number of nitrogens with one attached hydrogen (secondary N) is 1. The summed E-state index contributed by atoms with van der Waals surface area (Å²) in [4.78, 5) is 42.7. The quantitative estimate of drug-likeness (QED) is 0.529. The molecule has 7 nitrogen and oxygen atoms in total. The zero-order valence-corrected chi connectivity index (χ0v) is 19.9. The molecule has 36 heavy (non-hydrogen) atoms. The van der Waals surface area contributed by atoms with Crippen molar-refractivity contribution in [3.8, 4) is 11.8 Å². The topological polar surface area (TPSA) is 79.0 Å². The number of hydrogen-bond acceptors (Lipinski definition) is 4. The van der Waals surface area contributed by atoms with Crippen LogP contribution in [0, 0.1) is 23.6 Å². The molecule has 0 spiro atoms. The van der Waals surface area contributed by atoms with Crippen LogP contribution in [-0.2, 0) is 20.7 Å². The lowest BCUT2D eigenvalue weighted by Crippen LogP contribution is -2.58. The molecule has 2 atom stereocenters. The Morgan fingerprint density at radius 2 is 1.78 bits per heavy atom. The highest BCUT2D eigenvalue weighted by atomic mass is 19.1. The second-order valence-electron chi connectivity index (χ2n) is 9.58. The van der Waals surface area contributed by atoms with Crippen molar-refractivity contribution in [2.45, 2.75) is 37.3 Å². The van der Waals surface area contributed by atoms with Crippen LogP contribution in [-0.4, -0.2) is 65.5 Å². The molecule has 186 valence electrons. The van der Waals surface area contributed by atoms with E-state index < -0.39 is 11.6 Å². The average molecular weight is 490 g/mol. The van der Waals surface area contributed by atoms with E-state index in [0.717, 1.165) is 11.1 Å². The van der Waals surface area contributed by atoms with Gasteiger partial charge in [0.2, 0.25) is 0 Å². The second kappa shape index (κ2) is 10.1. The minimum absolute atomic E-state index is 0.183. The van der Waals surface area contributed by atoms with Crippen LogP contribution in [0.1, 0.15) is 30.4 Å². The van der Waals surface area contributed by atoms with E-state index in [0.29, 0.717) is 45.6 Å². The fraction of sp³-hybridized carbons (Fsp3) is 0.393. The molecule has 2 unspecified atom stereocenters. The molecule has 5 rings (SSSR count). The summed E-state index contributed by atoms with van der Waals surface area (Å²) in [5, 5.41) is 3.02. The third kappa shape index (κ3) is 4.71. The van der Waals surface area contributed by atoms with Gasteiger partial charge in [0.1, 0.15) is 11.4 Å². The van der Waals surface area contributed by atoms with Crippen molar-refractivity contribution in [3.05, 3.63) is 71.5 Å². The van der Waals surface area contributed by atoms with Gasteiger partial charge in [-0.05, 0) is 55.0 Å². The Morgan fingerprint density at radius 3 is 2.44 bits per heavy atom. The molecule has 2 aromatic rings. The Labute approximate surface area is 209 Å². The lowest BCUT2D eigenvalue weighted by molar-refractivity contribution is -0.136. The lowest BCUT2D eigenvalue weighted by atomic mass is 9.73. The Morgan fingerprint density at radius 1 is 1.06 bits per heavy atom. The molecule has 0 bridgehead atoms. The van der Waals surface area contributed by atoms with E-state index >= 15 is 0 Å². The molecule has 1 N–H and O–H groups in total. The van der Waals surface area contributed by atoms with Gasteiger partial charge in [-0.25, -0.2) is 9.18 Å². The number of carbonyl (C=O) groups excluding carboxylic acids is 3. The number of carbonyl (C=O) groups is 3. The fourth-order valence-corrected chi connectivity index (χ4v) is 5.44. The molecule has 0 saturated carbocycles. The highest BCUT2D eigenvalue weighted by Crippen LogP contribution is 2.38. The van der Waals surface area contributed by atoms with Crippen LogP contribution in [0.2, 0.25) is 0 Å². The van der Waals surface area contributed by atoms with Gasteiger partial charge < -0.3 is 15.0 Å². The number of likely N-dealkylation sites (tertiary alicyclic amines) is 1. The summed E-state index contributed by atoms with van der Waals surface area (Å²) in [6, 6.07) is 14.6. The zero-order valence-electron chi connectivity index (χ0n) is 19.9. The summed E-state index contributed by atoms with van der Waals surface area (Å²) >= 11 is 0. The summed E-state index contributed by atoms with van der Waals surface area (Å²) in [7, 11) is 0. The zero-order chi connectivity index (χ0) is 25.1. The molecule has 3 aliphatic rings. The molecule has 0 radical (unpaired) electrons. The number of amides is 4. The van der Waals surface area contributed by atoms with Crippen LogP contribution in [0.25, 0.3) is 0 Å². The van der Waals surface area contributed by atoms with Crippen molar-refractivity contribution in [2.24, 2.45) is 5.92 Å². The Balaban J connectivity index is 1.35. The van der Waals surface area contributed by atoms with Gasteiger partial charge in [-0.1, -0.05) is 36.3 Å². The van der Waals surface area contributed by atoms with E-state index in [1.54, 1.807) is 17.0 Å². The van der Waals surface area contributed by atoms with Crippen molar-refractivity contribution in [1.82, 2.24) is 15.1 Å². The van der Waals surface area contributed by atoms with Crippen LogP contribution >= 0.6 is 0 Å². The molecule has 4 amide bonds. The third-order valence-electron chi connectivity index (χ3n) is 7.38. The monoisotopic (exact) mass is 489 g/mol. The number of urea groups is 1. The van der Waals surface area contributed by atoms with Crippen molar-refractivity contribution < 1.29 is 23.5 Å². The van der Waals surface area contributed by atoms with Crippen LogP contribution in [0.15, 0.2) is 54.6 Å². The van der Waals surface area contributed by atoms with Gasteiger partial charge in [0.05, 0.1) is 12.6 Å². The minimum Gasteiger partial charge on any atom is -0.379 e. The molecular weight excluding hydrogens is 461 g/mol. The maximum absolute atomic E-state index is 13.9. The van der Waals surface area contributed by atoms with Crippen LogP contribution in [0.4, 0.5) is 9.18 Å². The summed E-state index contributed by atoms with van der Waals surface area (Å²) < 4.78 is 19.0. The van der Waals surface area contributed by atoms with E-state index in [2.05, 4.69) is 17.2 Å². The first-order valence-corrected chi connectivity index (χ1v) is 12.3. The van der Waals surface area contributed by atoms with Gasteiger partial charge in [0, 0.05) is 37.6 Å². The van der Waals surface area contributed by atoms with Gasteiger partial charge in [0.15, 0.2) is 0 Å². The number of benzene rings is 2. The van der Waals surface area contributed by atoms with Crippen LogP contribution in [0.5, 0.6) is 0 Å². The number of hydrogen-bond donors (Lipinski definition) is 1. The molecule has 8 heteroatoms. The van der Waals surface area contributed by atoms with Gasteiger partial charge in [0.25, 0.3) is 11.8 Å². The highest BCUT2D eigenvalue weighted by Gasteiger charge is 2.57. The molecule has 3 fully saturated rings. The van der Waals surface area contributed by atoms with Gasteiger partial charge in [-0.3, -0.25) is 14.5 Å². The predicted octanol–water partition coefficient (Wildman–Crippen LogP) is 2.74. The largest absolute Gasteiger partial charge is 0.379 e. The number of nitrogens with zero attached hydrogens (tertiary/aromatic N) is 2. The van der Waals surface area contributed by atoms with E-state index in [1.807, 2.05) is 30.3 Å². The van der Waals surface area contributed by atoms with Gasteiger partial charge in [-0.2, -0.15) is 0 Å². The Kier molecular flexibility index (Phi) is 6.75. The molecule has 0 aromatic heterocycles. The molecule has 2 aromatic carbocycles. The number of halogens is 1. The first-order valence-electron chi connectivity index (χ1n) is 12.3. The minimum atomic E-state index is -1.15. The fourth-order valence-electron chi connectivity index (χ4n) is 5.44. The van der Waals surface area contributed by atoms with Gasteiger partial charge >= 0.3 is 6.03 Å². The molecule has 0 aliphatic carbocycles. The highest BCUT2D eigenvalue weighted by molar-refractivity contribution is 6.08. The smallest absolute Gasteiger partial charge is 0.325 e. The molecule has 3 aliphatic heterocycles. The summed E-state index contributed by atoms with van der Waals surface area (Å²) in [5.74, 6) is 4.55. The maximum Gasteiger partial charge on any atom is 0.325 e. The third-order valence-corrected chi connectivity index (χ3v) is 7.38. The Hall–Kier alpha value is -3.70. The summed E-state index contributed by atoms with van der Waals surface area (Å²) in [6.07, 6.45) is 1.95. The van der Waals surface area contributed by atoms with Crippen molar-refractivity contribution in [1.29, 1.82) is 0 Å². The molecular formula is C28H28FN3O4. The van der Waals surface area contributed by atoms with Gasteiger partial charge in [-0.15, -0.1) is 0 Å². The van der Waals surface area contributed by atoms with Crippen LogP contribution in [0.3, 0.4) is 0 Å².